The van der Waals surface area contributed by atoms with Crippen LogP contribution in [0.15, 0.2) is 59.8 Å². The molecular formula is C22H25N5O2S. The Bertz CT molecular complexity index is 969. The average molecular weight is 424 g/mol. The summed E-state index contributed by atoms with van der Waals surface area (Å²) in [6, 6.07) is 17.1. The lowest BCUT2D eigenvalue weighted by atomic mass is 10.1. The van der Waals surface area contributed by atoms with Gasteiger partial charge < -0.3 is 4.57 Å². The van der Waals surface area contributed by atoms with Crippen LogP contribution in [0.25, 0.3) is 0 Å². The molecule has 2 heterocycles. The molecule has 0 radical (unpaired) electrons. The van der Waals surface area contributed by atoms with Crippen LogP contribution in [0.3, 0.4) is 0 Å². The monoisotopic (exact) mass is 423 g/mol. The number of non-ortho nitro benzene ring substituents is 1. The zero-order chi connectivity index (χ0) is 20.8. The molecule has 1 aliphatic heterocycles. The SMILES string of the molecule is O=[N+]([O-])c1ccc(CSc2nnc(CN3CCCCC3)n2Cc2ccccc2)cc1. The molecule has 0 atom stereocenters. The summed E-state index contributed by atoms with van der Waals surface area (Å²) in [7, 11) is 0. The first-order chi connectivity index (χ1) is 14.7. The number of rotatable bonds is 8. The van der Waals surface area contributed by atoms with Crippen molar-refractivity contribution in [1.29, 1.82) is 0 Å². The van der Waals surface area contributed by atoms with E-state index in [2.05, 4.69) is 31.8 Å². The smallest absolute Gasteiger partial charge is 0.269 e. The van der Waals surface area contributed by atoms with Crippen molar-refractivity contribution in [3.05, 3.63) is 81.7 Å². The predicted molar refractivity (Wildman–Crippen MR) is 117 cm³/mol. The van der Waals surface area contributed by atoms with Crippen molar-refractivity contribution >= 4 is 17.4 Å². The second-order valence-corrected chi connectivity index (χ2v) is 8.46. The summed E-state index contributed by atoms with van der Waals surface area (Å²) in [6.07, 6.45) is 3.80. The first kappa shape index (κ1) is 20.6. The van der Waals surface area contributed by atoms with E-state index in [0.29, 0.717) is 5.75 Å². The van der Waals surface area contributed by atoms with Crippen molar-refractivity contribution in [3.63, 3.8) is 0 Å². The largest absolute Gasteiger partial charge is 0.300 e. The van der Waals surface area contributed by atoms with E-state index >= 15 is 0 Å². The summed E-state index contributed by atoms with van der Waals surface area (Å²) >= 11 is 1.62. The lowest BCUT2D eigenvalue weighted by Gasteiger charge is -2.26. The lowest BCUT2D eigenvalue weighted by Crippen LogP contribution is -2.30. The van der Waals surface area contributed by atoms with Gasteiger partial charge in [-0.05, 0) is 37.1 Å². The molecular weight excluding hydrogens is 398 g/mol. The van der Waals surface area contributed by atoms with Gasteiger partial charge in [-0.3, -0.25) is 15.0 Å². The predicted octanol–water partition coefficient (Wildman–Crippen LogP) is 4.51. The molecule has 8 heteroatoms. The number of aromatic nitrogens is 3. The fourth-order valence-electron chi connectivity index (χ4n) is 3.65. The Kier molecular flexibility index (Phi) is 6.76. The van der Waals surface area contributed by atoms with Crippen molar-refractivity contribution in [2.45, 2.75) is 43.3 Å². The van der Waals surface area contributed by atoms with Crippen LogP contribution in [0.5, 0.6) is 0 Å². The normalized spacial score (nSPS) is 14.7. The zero-order valence-corrected chi connectivity index (χ0v) is 17.6. The van der Waals surface area contributed by atoms with Crippen molar-refractivity contribution in [2.24, 2.45) is 0 Å². The van der Waals surface area contributed by atoms with E-state index in [1.54, 1.807) is 36.0 Å². The fourth-order valence-corrected chi connectivity index (χ4v) is 4.56. The van der Waals surface area contributed by atoms with Gasteiger partial charge in [0, 0.05) is 17.9 Å². The number of nitrogens with zero attached hydrogens (tertiary/aromatic N) is 5. The molecule has 30 heavy (non-hydrogen) atoms. The van der Waals surface area contributed by atoms with Gasteiger partial charge in [0.05, 0.1) is 18.0 Å². The minimum atomic E-state index is -0.375. The molecule has 0 N–H and O–H groups in total. The third-order valence-electron chi connectivity index (χ3n) is 5.31. The molecule has 7 nitrogen and oxygen atoms in total. The van der Waals surface area contributed by atoms with Crippen LogP contribution in [0.2, 0.25) is 0 Å². The number of benzene rings is 2. The van der Waals surface area contributed by atoms with E-state index < -0.39 is 0 Å². The van der Waals surface area contributed by atoms with Crippen LogP contribution >= 0.6 is 11.8 Å². The van der Waals surface area contributed by atoms with E-state index in [0.717, 1.165) is 42.7 Å². The van der Waals surface area contributed by atoms with Gasteiger partial charge in [-0.25, -0.2) is 0 Å². The molecule has 1 saturated heterocycles. The zero-order valence-electron chi connectivity index (χ0n) is 16.8. The van der Waals surface area contributed by atoms with Crippen LogP contribution in [0, 0.1) is 10.1 Å². The highest BCUT2D eigenvalue weighted by atomic mass is 32.2. The minimum absolute atomic E-state index is 0.111. The molecule has 0 saturated carbocycles. The van der Waals surface area contributed by atoms with Crippen LogP contribution in [-0.2, 0) is 18.8 Å². The molecule has 3 aromatic rings. The highest BCUT2D eigenvalue weighted by Crippen LogP contribution is 2.25. The second-order valence-electron chi connectivity index (χ2n) is 7.52. The summed E-state index contributed by atoms with van der Waals surface area (Å²) in [5, 5.41) is 20.7. The molecule has 0 unspecified atom stereocenters. The van der Waals surface area contributed by atoms with Gasteiger partial charge >= 0.3 is 0 Å². The maximum absolute atomic E-state index is 10.9. The molecule has 0 aliphatic carbocycles. The number of piperidine rings is 1. The standard InChI is InChI=1S/C22H25N5O2S/c28-27(29)20-11-9-19(10-12-20)17-30-22-24-23-21(16-25-13-5-2-6-14-25)26(22)15-18-7-3-1-4-8-18/h1,3-4,7-12H,2,5-6,13-17H2. The van der Waals surface area contributed by atoms with E-state index in [1.165, 1.54) is 24.8 Å². The van der Waals surface area contributed by atoms with Crippen LogP contribution in [0.4, 0.5) is 5.69 Å². The average Bonchev–Trinajstić information content (AvgIpc) is 3.15. The fraction of sp³-hybridized carbons (Fsp3) is 0.364. The first-order valence-electron chi connectivity index (χ1n) is 10.2. The van der Waals surface area contributed by atoms with E-state index in [-0.39, 0.29) is 10.6 Å². The van der Waals surface area contributed by atoms with Gasteiger partial charge in [0.25, 0.3) is 5.69 Å². The van der Waals surface area contributed by atoms with Gasteiger partial charge in [0.2, 0.25) is 0 Å². The van der Waals surface area contributed by atoms with Crippen LogP contribution in [-0.4, -0.2) is 37.7 Å². The molecule has 0 amide bonds. The van der Waals surface area contributed by atoms with Gasteiger partial charge in [-0.15, -0.1) is 10.2 Å². The summed E-state index contributed by atoms with van der Waals surface area (Å²) in [5.74, 6) is 1.68. The first-order valence-corrected chi connectivity index (χ1v) is 11.2. The number of likely N-dealkylation sites (tertiary alicyclic amines) is 1. The molecule has 1 aromatic heterocycles. The van der Waals surface area contributed by atoms with E-state index in [4.69, 9.17) is 0 Å². The Hall–Kier alpha value is -2.71. The summed E-state index contributed by atoms with van der Waals surface area (Å²) in [4.78, 5) is 12.9. The third kappa shape index (κ3) is 5.25. The molecule has 0 spiro atoms. The van der Waals surface area contributed by atoms with Gasteiger partial charge in [-0.1, -0.05) is 60.6 Å². The molecule has 0 bridgehead atoms. The van der Waals surface area contributed by atoms with Gasteiger partial charge in [0.1, 0.15) is 5.82 Å². The van der Waals surface area contributed by atoms with Gasteiger partial charge in [0.15, 0.2) is 5.16 Å². The number of nitro benzene ring substituents is 1. The minimum Gasteiger partial charge on any atom is -0.300 e. The maximum atomic E-state index is 10.9. The highest BCUT2D eigenvalue weighted by Gasteiger charge is 2.18. The second kappa shape index (κ2) is 9.86. The number of nitro groups is 1. The number of thioether (sulfide) groups is 1. The molecule has 1 aliphatic rings. The Balaban J connectivity index is 1.51. The molecule has 1 fully saturated rings. The van der Waals surface area contributed by atoms with Crippen LogP contribution in [0.1, 0.15) is 36.2 Å². The van der Waals surface area contributed by atoms with Crippen molar-refractivity contribution in [3.8, 4) is 0 Å². The molecule has 2 aromatic carbocycles. The number of hydrogen-bond donors (Lipinski definition) is 0. The van der Waals surface area contributed by atoms with Crippen molar-refractivity contribution in [2.75, 3.05) is 13.1 Å². The maximum Gasteiger partial charge on any atom is 0.269 e. The number of hydrogen-bond acceptors (Lipinski definition) is 6. The van der Waals surface area contributed by atoms with Gasteiger partial charge in [-0.2, -0.15) is 0 Å². The molecule has 4 rings (SSSR count). The van der Waals surface area contributed by atoms with E-state index in [9.17, 15) is 10.1 Å². The summed E-state index contributed by atoms with van der Waals surface area (Å²) < 4.78 is 2.21. The Morgan fingerprint density at radius 1 is 0.900 bits per heavy atom. The Morgan fingerprint density at radius 3 is 2.33 bits per heavy atom. The Labute approximate surface area is 180 Å². The van der Waals surface area contributed by atoms with Crippen molar-refractivity contribution < 1.29 is 4.92 Å². The topological polar surface area (TPSA) is 77.1 Å². The third-order valence-corrected chi connectivity index (χ3v) is 6.34. The lowest BCUT2D eigenvalue weighted by molar-refractivity contribution is -0.384. The quantitative estimate of drug-likeness (QED) is 0.301. The van der Waals surface area contributed by atoms with Crippen LogP contribution < -0.4 is 0 Å². The Morgan fingerprint density at radius 2 is 1.63 bits per heavy atom. The summed E-state index contributed by atoms with van der Waals surface area (Å²) in [5.41, 5.74) is 2.35. The molecule has 156 valence electrons. The van der Waals surface area contributed by atoms with E-state index in [1.807, 2.05) is 18.2 Å². The van der Waals surface area contributed by atoms with Crippen molar-refractivity contribution in [1.82, 2.24) is 19.7 Å². The highest BCUT2D eigenvalue weighted by molar-refractivity contribution is 7.98. The summed E-state index contributed by atoms with van der Waals surface area (Å²) in [6.45, 7) is 3.78.